The predicted octanol–water partition coefficient (Wildman–Crippen LogP) is 3.33. The molecule has 114 valence electrons. The van der Waals surface area contributed by atoms with Gasteiger partial charge in [0.05, 0.1) is 0 Å². The fourth-order valence-electron chi connectivity index (χ4n) is 1.38. The summed E-state index contributed by atoms with van der Waals surface area (Å²) in [5.74, 6) is 1.31. The summed E-state index contributed by atoms with van der Waals surface area (Å²) in [6.45, 7) is 7.73. The van der Waals surface area contributed by atoms with E-state index in [1.165, 1.54) is 0 Å². The molecule has 1 rings (SSSR count). The fraction of sp³-hybridized carbons (Fsp3) is 0.667. The van der Waals surface area contributed by atoms with E-state index in [1.807, 2.05) is 20.8 Å². The van der Waals surface area contributed by atoms with Crippen LogP contribution in [0.15, 0.2) is 0 Å². The van der Waals surface area contributed by atoms with E-state index < -0.39 is 5.51 Å². The average Bonchev–Trinajstić information content (AvgIpc) is 2.26. The first-order valence-electron chi connectivity index (χ1n) is 6.10. The molecule has 0 aromatic carbocycles. The van der Waals surface area contributed by atoms with Gasteiger partial charge in [0.2, 0.25) is 0 Å². The van der Waals surface area contributed by atoms with Gasteiger partial charge in [0.1, 0.15) is 17.5 Å². The third-order valence-corrected chi connectivity index (χ3v) is 3.25. The van der Waals surface area contributed by atoms with Crippen molar-refractivity contribution in [3.63, 3.8) is 0 Å². The van der Waals surface area contributed by atoms with Crippen molar-refractivity contribution in [2.24, 2.45) is 0 Å². The number of alkyl halides is 3. The Morgan fingerprint density at radius 3 is 2.30 bits per heavy atom. The lowest BCUT2D eigenvalue weighted by molar-refractivity contribution is -0.0327. The fourth-order valence-corrected chi connectivity index (χ4v) is 1.81. The van der Waals surface area contributed by atoms with Gasteiger partial charge in [-0.1, -0.05) is 20.8 Å². The first-order chi connectivity index (χ1) is 9.00. The highest BCUT2D eigenvalue weighted by Crippen LogP contribution is 2.30. The summed E-state index contributed by atoms with van der Waals surface area (Å²) in [7, 11) is 0. The molecular weight excluding hydrogens is 289 g/mol. The van der Waals surface area contributed by atoms with E-state index in [0.717, 1.165) is 0 Å². The van der Waals surface area contributed by atoms with E-state index >= 15 is 0 Å². The van der Waals surface area contributed by atoms with E-state index in [1.54, 1.807) is 6.92 Å². The van der Waals surface area contributed by atoms with Crippen molar-refractivity contribution >= 4 is 23.4 Å². The van der Waals surface area contributed by atoms with Crippen molar-refractivity contribution in [3.8, 4) is 0 Å². The molecule has 0 radical (unpaired) electrons. The van der Waals surface area contributed by atoms with Crippen molar-refractivity contribution in [1.29, 1.82) is 0 Å². The van der Waals surface area contributed by atoms with Gasteiger partial charge in [-0.2, -0.15) is 13.2 Å². The molecule has 0 aliphatic carbocycles. The molecule has 1 heterocycles. The molecule has 0 saturated carbocycles. The molecule has 1 aromatic rings. The SMILES string of the molecule is Cc1c(N)nc(C(C)(C)C)nc1NCCSC(F)(F)F. The molecule has 0 spiro atoms. The molecular formula is C12H19F3N4S. The van der Waals surface area contributed by atoms with Gasteiger partial charge in [0.15, 0.2) is 0 Å². The van der Waals surface area contributed by atoms with Crippen LogP contribution >= 0.6 is 11.8 Å². The number of halogens is 3. The van der Waals surface area contributed by atoms with E-state index in [9.17, 15) is 13.2 Å². The molecule has 3 N–H and O–H groups in total. The van der Waals surface area contributed by atoms with Crippen LogP contribution in [0.25, 0.3) is 0 Å². The smallest absolute Gasteiger partial charge is 0.383 e. The highest BCUT2D eigenvalue weighted by Gasteiger charge is 2.27. The monoisotopic (exact) mass is 308 g/mol. The molecule has 0 saturated heterocycles. The zero-order valence-electron chi connectivity index (χ0n) is 11.9. The number of nitrogens with two attached hydrogens (primary N) is 1. The van der Waals surface area contributed by atoms with Gasteiger partial charge in [-0.25, -0.2) is 9.97 Å². The molecule has 0 unspecified atom stereocenters. The third-order valence-electron chi connectivity index (χ3n) is 2.51. The summed E-state index contributed by atoms with van der Waals surface area (Å²) in [6, 6.07) is 0. The van der Waals surface area contributed by atoms with Gasteiger partial charge in [0.25, 0.3) is 0 Å². The van der Waals surface area contributed by atoms with Crippen LogP contribution in [0.1, 0.15) is 32.2 Å². The Bertz CT molecular complexity index is 469. The van der Waals surface area contributed by atoms with Gasteiger partial charge >= 0.3 is 5.51 Å². The van der Waals surface area contributed by atoms with Gasteiger partial charge in [-0.3, -0.25) is 0 Å². The summed E-state index contributed by atoms with van der Waals surface area (Å²) in [5, 5.41) is 2.89. The van der Waals surface area contributed by atoms with Crippen LogP contribution in [0.3, 0.4) is 0 Å². The van der Waals surface area contributed by atoms with E-state index in [4.69, 9.17) is 5.73 Å². The second-order valence-electron chi connectivity index (χ2n) is 5.38. The molecule has 0 atom stereocenters. The van der Waals surface area contributed by atoms with Crippen LogP contribution in [0.4, 0.5) is 24.8 Å². The number of hydrogen-bond donors (Lipinski definition) is 2. The maximum absolute atomic E-state index is 12.0. The molecule has 4 nitrogen and oxygen atoms in total. The Balaban J connectivity index is 2.77. The summed E-state index contributed by atoms with van der Waals surface area (Å²) in [6.07, 6.45) is 0. The Morgan fingerprint density at radius 2 is 1.80 bits per heavy atom. The van der Waals surface area contributed by atoms with Crippen LogP contribution in [-0.4, -0.2) is 27.8 Å². The largest absolute Gasteiger partial charge is 0.441 e. The lowest BCUT2D eigenvalue weighted by Crippen LogP contribution is -2.20. The minimum Gasteiger partial charge on any atom is -0.383 e. The second kappa shape index (κ2) is 6.07. The highest BCUT2D eigenvalue weighted by molar-refractivity contribution is 8.00. The molecule has 0 aliphatic rings. The zero-order valence-corrected chi connectivity index (χ0v) is 12.7. The van der Waals surface area contributed by atoms with Crippen molar-refractivity contribution in [2.75, 3.05) is 23.3 Å². The molecule has 20 heavy (non-hydrogen) atoms. The summed E-state index contributed by atoms with van der Waals surface area (Å²) in [4.78, 5) is 8.56. The van der Waals surface area contributed by atoms with E-state index in [0.29, 0.717) is 23.0 Å². The quantitative estimate of drug-likeness (QED) is 0.835. The summed E-state index contributed by atoms with van der Waals surface area (Å²) in [5.41, 5.74) is 1.97. The average molecular weight is 308 g/mol. The summed E-state index contributed by atoms with van der Waals surface area (Å²) >= 11 is -0.0645. The third kappa shape index (κ3) is 5.07. The van der Waals surface area contributed by atoms with Gasteiger partial charge in [-0.05, 0) is 18.7 Å². The van der Waals surface area contributed by atoms with Crippen LogP contribution in [0, 0.1) is 6.92 Å². The number of hydrogen-bond acceptors (Lipinski definition) is 5. The Hall–Kier alpha value is -1.18. The predicted molar refractivity (Wildman–Crippen MR) is 76.9 cm³/mol. The minimum absolute atomic E-state index is 0.0645. The number of rotatable bonds is 4. The molecule has 1 aromatic heterocycles. The highest BCUT2D eigenvalue weighted by atomic mass is 32.2. The number of nitrogens with zero attached hydrogens (tertiary/aromatic N) is 2. The number of thioether (sulfide) groups is 1. The maximum atomic E-state index is 12.0. The van der Waals surface area contributed by atoms with Crippen molar-refractivity contribution < 1.29 is 13.2 Å². The summed E-state index contributed by atoms with van der Waals surface area (Å²) < 4.78 is 36.1. The van der Waals surface area contributed by atoms with E-state index in [2.05, 4.69) is 15.3 Å². The number of nitrogen functional groups attached to an aromatic ring is 1. The van der Waals surface area contributed by atoms with Crippen LogP contribution in [0.2, 0.25) is 0 Å². The second-order valence-corrected chi connectivity index (χ2v) is 6.54. The van der Waals surface area contributed by atoms with Crippen LogP contribution in [-0.2, 0) is 5.41 Å². The van der Waals surface area contributed by atoms with Crippen LogP contribution in [0.5, 0.6) is 0 Å². The molecule has 8 heteroatoms. The lowest BCUT2D eigenvalue weighted by Gasteiger charge is -2.19. The number of anilines is 2. The topological polar surface area (TPSA) is 63.8 Å². The van der Waals surface area contributed by atoms with Crippen LogP contribution < -0.4 is 11.1 Å². The lowest BCUT2D eigenvalue weighted by atomic mass is 9.95. The Kier molecular flexibility index (Phi) is 5.12. The molecule has 0 amide bonds. The Labute approximate surface area is 120 Å². The van der Waals surface area contributed by atoms with Gasteiger partial charge in [-0.15, -0.1) is 0 Å². The molecule has 0 fully saturated rings. The first-order valence-corrected chi connectivity index (χ1v) is 7.08. The Morgan fingerprint density at radius 1 is 1.20 bits per heavy atom. The zero-order chi connectivity index (χ0) is 15.6. The van der Waals surface area contributed by atoms with Gasteiger partial charge < -0.3 is 11.1 Å². The molecule has 0 aliphatic heterocycles. The number of nitrogens with one attached hydrogen (secondary N) is 1. The van der Waals surface area contributed by atoms with Crippen molar-refractivity contribution in [1.82, 2.24) is 9.97 Å². The van der Waals surface area contributed by atoms with Gasteiger partial charge in [0, 0.05) is 23.3 Å². The maximum Gasteiger partial charge on any atom is 0.441 e. The molecule has 0 bridgehead atoms. The number of aromatic nitrogens is 2. The van der Waals surface area contributed by atoms with Crippen molar-refractivity contribution in [2.45, 2.75) is 38.6 Å². The van der Waals surface area contributed by atoms with Crippen molar-refractivity contribution in [3.05, 3.63) is 11.4 Å². The normalized spacial score (nSPS) is 12.6. The standard InChI is InChI=1S/C12H19F3N4S/c1-7-8(16)18-10(11(2,3)4)19-9(7)17-5-6-20-12(13,14)15/h5-6H2,1-4H3,(H3,16,17,18,19). The minimum atomic E-state index is -4.21. The van der Waals surface area contributed by atoms with E-state index in [-0.39, 0.29) is 29.5 Å². The first kappa shape index (κ1) is 16.9.